The average Bonchev–Trinajstić information content (AvgIpc) is 2.87. The van der Waals surface area contributed by atoms with Gasteiger partial charge in [0.25, 0.3) is 0 Å². The number of benzene rings is 1. The standard InChI is InChI=1S/C17H27N3O/c1-12(2)20-8-9-21-16(11-18)17(20)14-4-5-15-13(10-14)6-7-19(15)3/h4-5,10,12,16-17H,6-9,11,18H2,1-3H3. The fourth-order valence-electron chi connectivity index (χ4n) is 3.71. The first-order valence-electron chi connectivity index (χ1n) is 8.03. The predicted molar refractivity (Wildman–Crippen MR) is 86.8 cm³/mol. The van der Waals surface area contributed by atoms with E-state index in [0.717, 1.165) is 26.1 Å². The van der Waals surface area contributed by atoms with E-state index in [-0.39, 0.29) is 12.1 Å². The van der Waals surface area contributed by atoms with Crippen molar-refractivity contribution in [2.24, 2.45) is 5.73 Å². The van der Waals surface area contributed by atoms with Gasteiger partial charge in [0.05, 0.1) is 18.8 Å². The molecule has 21 heavy (non-hydrogen) atoms. The molecule has 2 unspecified atom stereocenters. The van der Waals surface area contributed by atoms with Crippen LogP contribution in [0.25, 0.3) is 0 Å². The SMILES string of the molecule is CC(C)N1CCOC(CN)C1c1ccc2c(c1)CCN2C. The summed E-state index contributed by atoms with van der Waals surface area (Å²) in [6, 6.07) is 7.68. The molecule has 116 valence electrons. The molecule has 0 saturated carbocycles. The van der Waals surface area contributed by atoms with Crippen LogP contribution in [-0.2, 0) is 11.2 Å². The van der Waals surface area contributed by atoms with Gasteiger partial charge in [-0.1, -0.05) is 12.1 Å². The lowest BCUT2D eigenvalue weighted by Crippen LogP contribution is -2.50. The number of hydrogen-bond donors (Lipinski definition) is 1. The number of fused-ring (bicyclic) bond motifs is 1. The zero-order valence-electron chi connectivity index (χ0n) is 13.4. The summed E-state index contributed by atoms with van der Waals surface area (Å²) in [5, 5.41) is 0. The minimum Gasteiger partial charge on any atom is -0.374 e. The molecule has 2 N–H and O–H groups in total. The van der Waals surface area contributed by atoms with Crippen molar-refractivity contribution in [1.82, 2.24) is 4.90 Å². The molecule has 0 aliphatic carbocycles. The van der Waals surface area contributed by atoms with Gasteiger partial charge in [-0.2, -0.15) is 0 Å². The van der Waals surface area contributed by atoms with E-state index in [1.165, 1.54) is 16.8 Å². The van der Waals surface area contributed by atoms with Crippen LogP contribution in [0.3, 0.4) is 0 Å². The highest BCUT2D eigenvalue weighted by molar-refractivity contribution is 5.58. The maximum Gasteiger partial charge on any atom is 0.0894 e. The van der Waals surface area contributed by atoms with Gasteiger partial charge < -0.3 is 15.4 Å². The van der Waals surface area contributed by atoms with Crippen LogP contribution in [0.1, 0.15) is 31.0 Å². The fourth-order valence-corrected chi connectivity index (χ4v) is 3.71. The number of nitrogens with zero attached hydrogens (tertiary/aromatic N) is 2. The molecule has 4 nitrogen and oxygen atoms in total. The normalized spacial score (nSPS) is 26.4. The molecule has 1 aromatic carbocycles. The van der Waals surface area contributed by atoms with Gasteiger partial charge in [0.1, 0.15) is 0 Å². The number of rotatable bonds is 3. The highest BCUT2D eigenvalue weighted by Crippen LogP contribution is 2.35. The van der Waals surface area contributed by atoms with Gasteiger partial charge in [0, 0.05) is 38.4 Å². The van der Waals surface area contributed by atoms with E-state index >= 15 is 0 Å². The van der Waals surface area contributed by atoms with Crippen LogP contribution in [0.2, 0.25) is 0 Å². The lowest BCUT2D eigenvalue weighted by Gasteiger charge is -2.43. The fraction of sp³-hybridized carbons (Fsp3) is 0.647. The van der Waals surface area contributed by atoms with E-state index in [1.807, 2.05) is 0 Å². The Kier molecular flexibility index (Phi) is 4.20. The van der Waals surface area contributed by atoms with Crippen LogP contribution in [0.4, 0.5) is 5.69 Å². The van der Waals surface area contributed by atoms with Crippen LogP contribution in [-0.4, -0.2) is 50.3 Å². The molecule has 4 heteroatoms. The Morgan fingerprint density at radius 3 is 2.86 bits per heavy atom. The third-order valence-corrected chi connectivity index (χ3v) is 4.86. The van der Waals surface area contributed by atoms with Crippen molar-refractivity contribution in [2.45, 2.75) is 38.5 Å². The summed E-state index contributed by atoms with van der Waals surface area (Å²) in [6.07, 6.45) is 1.24. The largest absolute Gasteiger partial charge is 0.374 e. The molecule has 2 aliphatic heterocycles. The van der Waals surface area contributed by atoms with Crippen molar-refractivity contribution < 1.29 is 4.74 Å². The van der Waals surface area contributed by atoms with Crippen molar-refractivity contribution in [3.8, 4) is 0 Å². The summed E-state index contributed by atoms with van der Waals surface area (Å²) < 4.78 is 5.94. The molecule has 3 rings (SSSR count). The number of anilines is 1. The Morgan fingerprint density at radius 1 is 1.33 bits per heavy atom. The van der Waals surface area contributed by atoms with Gasteiger partial charge in [-0.3, -0.25) is 4.90 Å². The average molecular weight is 289 g/mol. The Hall–Kier alpha value is -1.10. The zero-order chi connectivity index (χ0) is 15.0. The summed E-state index contributed by atoms with van der Waals surface area (Å²) >= 11 is 0. The molecule has 1 fully saturated rings. The molecule has 2 atom stereocenters. The first kappa shape index (κ1) is 14.8. The number of hydrogen-bond acceptors (Lipinski definition) is 4. The van der Waals surface area contributed by atoms with Gasteiger partial charge in [-0.05, 0) is 37.5 Å². The maximum atomic E-state index is 5.97. The van der Waals surface area contributed by atoms with E-state index < -0.39 is 0 Å². The summed E-state index contributed by atoms with van der Waals surface area (Å²) in [5.74, 6) is 0. The minimum atomic E-state index is 0.0957. The second-order valence-corrected chi connectivity index (χ2v) is 6.48. The second-order valence-electron chi connectivity index (χ2n) is 6.48. The molecule has 0 radical (unpaired) electrons. The first-order valence-corrected chi connectivity index (χ1v) is 8.03. The molecular formula is C17H27N3O. The summed E-state index contributed by atoms with van der Waals surface area (Å²) in [7, 11) is 2.17. The van der Waals surface area contributed by atoms with E-state index in [2.05, 4.69) is 48.9 Å². The van der Waals surface area contributed by atoms with Crippen LogP contribution in [0.5, 0.6) is 0 Å². The number of morpholine rings is 1. The molecule has 0 aromatic heterocycles. The highest BCUT2D eigenvalue weighted by atomic mass is 16.5. The van der Waals surface area contributed by atoms with Gasteiger partial charge in [0.2, 0.25) is 0 Å². The molecule has 1 saturated heterocycles. The summed E-state index contributed by atoms with van der Waals surface area (Å²) in [6.45, 7) is 7.97. The molecule has 0 amide bonds. The number of nitrogens with two attached hydrogens (primary N) is 1. The Balaban J connectivity index is 1.95. The van der Waals surface area contributed by atoms with Gasteiger partial charge in [0.15, 0.2) is 0 Å². The third-order valence-electron chi connectivity index (χ3n) is 4.86. The van der Waals surface area contributed by atoms with Crippen molar-refractivity contribution in [3.05, 3.63) is 29.3 Å². The molecule has 2 heterocycles. The first-order chi connectivity index (χ1) is 10.1. The zero-order valence-corrected chi connectivity index (χ0v) is 13.4. The van der Waals surface area contributed by atoms with E-state index in [1.54, 1.807) is 0 Å². The molecule has 0 bridgehead atoms. The number of ether oxygens (including phenoxy) is 1. The Bertz CT molecular complexity index is 503. The molecular weight excluding hydrogens is 262 g/mol. The molecule has 2 aliphatic rings. The highest BCUT2D eigenvalue weighted by Gasteiger charge is 2.34. The van der Waals surface area contributed by atoms with E-state index in [9.17, 15) is 0 Å². The smallest absolute Gasteiger partial charge is 0.0894 e. The van der Waals surface area contributed by atoms with Crippen molar-refractivity contribution in [1.29, 1.82) is 0 Å². The van der Waals surface area contributed by atoms with Crippen LogP contribution < -0.4 is 10.6 Å². The quantitative estimate of drug-likeness (QED) is 0.921. The van der Waals surface area contributed by atoms with Crippen LogP contribution >= 0.6 is 0 Å². The van der Waals surface area contributed by atoms with Crippen molar-refractivity contribution in [3.63, 3.8) is 0 Å². The summed E-state index contributed by atoms with van der Waals surface area (Å²) in [5.41, 5.74) is 10.2. The summed E-state index contributed by atoms with van der Waals surface area (Å²) in [4.78, 5) is 4.86. The van der Waals surface area contributed by atoms with Crippen LogP contribution in [0, 0.1) is 0 Å². The second kappa shape index (κ2) is 5.95. The number of likely N-dealkylation sites (N-methyl/N-ethyl adjacent to an activating group) is 1. The van der Waals surface area contributed by atoms with Crippen molar-refractivity contribution in [2.75, 3.05) is 38.2 Å². The van der Waals surface area contributed by atoms with Gasteiger partial charge in [-0.15, -0.1) is 0 Å². The molecule has 0 spiro atoms. The third kappa shape index (κ3) is 2.68. The lowest BCUT2D eigenvalue weighted by atomic mass is 9.94. The van der Waals surface area contributed by atoms with Gasteiger partial charge in [-0.25, -0.2) is 0 Å². The van der Waals surface area contributed by atoms with Crippen LogP contribution in [0.15, 0.2) is 18.2 Å². The Labute approximate surface area is 127 Å². The van der Waals surface area contributed by atoms with E-state index in [4.69, 9.17) is 10.5 Å². The van der Waals surface area contributed by atoms with Crippen molar-refractivity contribution >= 4 is 5.69 Å². The minimum absolute atomic E-state index is 0.0957. The molecule has 1 aromatic rings. The predicted octanol–water partition coefficient (Wildman–Crippen LogP) is 1.79. The lowest BCUT2D eigenvalue weighted by molar-refractivity contribution is -0.0789. The topological polar surface area (TPSA) is 41.7 Å². The Morgan fingerprint density at radius 2 is 2.14 bits per heavy atom. The monoisotopic (exact) mass is 289 g/mol. The van der Waals surface area contributed by atoms with E-state index in [0.29, 0.717) is 12.6 Å². The van der Waals surface area contributed by atoms with Gasteiger partial charge >= 0.3 is 0 Å². The maximum absolute atomic E-state index is 5.97.